The molecule has 0 atom stereocenters. The van der Waals surface area contributed by atoms with Crippen molar-refractivity contribution in [3.63, 3.8) is 0 Å². The third-order valence-corrected chi connectivity index (χ3v) is 5.85. The molecule has 23 heavy (non-hydrogen) atoms. The number of nitrogens with zero attached hydrogens (tertiary/aromatic N) is 2. The lowest BCUT2D eigenvalue weighted by molar-refractivity contribution is -0.126. The second kappa shape index (κ2) is 6.10. The van der Waals surface area contributed by atoms with Gasteiger partial charge >= 0.3 is 6.09 Å². The fraction of sp³-hybridized carbons (Fsp3) is 0.429. The number of amides is 2. The van der Waals surface area contributed by atoms with Crippen LogP contribution in [0, 0.1) is 5.92 Å². The smallest absolute Gasteiger partial charge is 0.417 e. The molecule has 0 radical (unpaired) electrons. The molecule has 2 aliphatic rings. The maximum Gasteiger partial charge on any atom is 0.417 e. The van der Waals surface area contributed by atoms with Gasteiger partial charge < -0.3 is 4.74 Å². The van der Waals surface area contributed by atoms with Crippen molar-refractivity contribution in [3.05, 3.63) is 34.9 Å². The number of hydrogen-bond donors (Lipinski definition) is 0. The molecule has 1 aromatic carbocycles. The summed E-state index contributed by atoms with van der Waals surface area (Å²) in [6, 6.07) is 6.72. The van der Waals surface area contributed by atoms with E-state index in [2.05, 4.69) is 4.74 Å². The van der Waals surface area contributed by atoms with Crippen LogP contribution < -0.4 is 0 Å². The summed E-state index contributed by atoms with van der Waals surface area (Å²) >= 11 is 5.86. The van der Waals surface area contributed by atoms with Crippen LogP contribution in [-0.2, 0) is 25.3 Å². The predicted octanol–water partition coefficient (Wildman–Crippen LogP) is 1.08. The summed E-state index contributed by atoms with van der Waals surface area (Å²) in [5, 5.41) is 0.491. The van der Waals surface area contributed by atoms with Crippen molar-refractivity contribution in [2.75, 3.05) is 26.2 Å². The number of benzene rings is 1. The monoisotopic (exact) mass is 358 g/mol. The maximum atomic E-state index is 12.3. The summed E-state index contributed by atoms with van der Waals surface area (Å²) in [4.78, 5) is 23.8. The first-order valence-corrected chi connectivity index (χ1v) is 9.03. The van der Waals surface area contributed by atoms with E-state index in [9.17, 15) is 18.0 Å². The van der Waals surface area contributed by atoms with E-state index >= 15 is 0 Å². The Morgan fingerprint density at radius 1 is 1.26 bits per heavy atom. The molecule has 124 valence electrons. The van der Waals surface area contributed by atoms with Gasteiger partial charge in [0.05, 0.1) is 5.75 Å². The molecular weight excluding hydrogens is 344 g/mol. The van der Waals surface area contributed by atoms with Gasteiger partial charge in [-0.3, -0.25) is 4.79 Å². The van der Waals surface area contributed by atoms with Crippen LogP contribution in [0.3, 0.4) is 0 Å². The Kier molecular flexibility index (Phi) is 4.31. The highest BCUT2D eigenvalue weighted by Gasteiger charge is 2.40. The van der Waals surface area contributed by atoms with E-state index < -0.39 is 16.1 Å². The van der Waals surface area contributed by atoms with Gasteiger partial charge in [-0.1, -0.05) is 23.7 Å². The number of cyclic esters (lactones) is 1. The van der Waals surface area contributed by atoms with Crippen LogP contribution in [0.15, 0.2) is 24.3 Å². The zero-order chi connectivity index (χ0) is 16.6. The molecule has 0 aliphatic carbocycles. The van der Waals surface area contributed by atoms with Gasteiger partial charge in [-0.2, -0.15) is 0 Å². The third kappa shape index (κ3) is 3.49. The van der Waals surface area contributed by atoms with Crippen LogP contribution in [0.1, 0.15) is 5.56 Å². The topological polar surface area (TPSA) is 84.0 Å². The number of carbonyl (C=O) groups excluding carboxylic acids is 2. The van der Waals surface area contributed by atoms with Crippen molar-refractivity contribution in [1.82, 2.24) is 9.21 Å². The van der Waals surface area contributed by atoms with Gasteiger partial charge in [-0.25, -0.2) is 22.4 Å². The second-order valence-corrected chi connectivity index (χ2v) is 8.03. The molecule has 0 aromatic heterocycles. The molecule has 0 unspecified atom stereocenters. The summed E-state index contributed by atoms with van der Waals surface area (Å²) in [5.74, 6) is -0.556. The Morgan fingerprint density at radius 2 is 2.00 bits per heavy atom. The summed E-state index contributed by atoms with van der Waals surface area (Å²) in [5.41, 5.74) is 0.624. The minimum Gasteiger partial charge on any atom is -0.439 e. The maximum absolute atomic E-state index is 12.3. The van der Waals surface area contributed by atoms with Gasteiger partial charge in [0.1, 0.15) is 0 Å². The number of rotatable bonds is 5. The fourth-order valence-electron chi connectivity index (χ4n) is 2.61. The van der Waals surface area contributed by atoms with Gasteiger partial charge in [0.25, 0.3) is 5.91 Å². The molecule has 0 spiro atoms. The number of carbonyl (C=O) groups is 2. The van der Waals surface area contributed by atoms with Crippen molar-refractivity contribution in [3.8, 4) is 0 Å². The Morgan fingerprint density at radius 3 is 2.61 bits per heavy atom. The van der Waals surface area contributed by atoms with Crippen molar-refractivity contribution in [1.29, 1.82) is 0 Å². The van der Waals surface area contributed by atoms with E-state index in [4.69, 9.17) is 11.6 Å². The average Bonchev–Trinajstić information content (AvgIpc) is 2.72. The highest BCUT2D eigenvalue weighted by Crippen LogP contribution is 2.25. The molecule has 2 aliphatic heterocycles. The predicted molar refractivity (Wildman–Crippen MR) is 82.2 cm³/mol. The number of imide groups is 1. The fourth-order valence-corrected chi connectivity index (χ4v) is 4.48. The first-order valence-electron chi connectivity index (χ1n) is 7.04. The van der Waals surface area contributed by atoms with Crippen LogP contribution >= 0.6 is 11.6 Å². The molecule has 0 N–H and O–H groups in total. The standard InChI is InChI=1S/C14H15ClN2O5S/c15-12-3-1-2-10(4-12)9-23(20,21)16-5-11(6-16)7-17-13(18)8-22-14(17)19/h1-4,11H,5-9H2. The quantitative estimate of drug-likeness (QED) is 0.786. The molecule has 7 nitrogen and oxygen atoms in total. The van der Waals surface area contributed by atoms with E-state index in [1.807, 2.05) is 0 Å². The minimum atomic E-state index is -3.43. The highest BCUT2D eigenvalue weighted by atomic mass is 35.5. The molecule has 1 aromatic rings. The molecule has 2 heterocycles. The Labute approximate surface area is 138 Å². The Hall–Kier alpha value is -1.64. The van der Waals surface area contributed by atoms with Crippen molar-refractivity contribution in [2.45, 2.75) is 5.75 Å². The molecule has 2 fully saturated rings. The molecule has 0 saturated carbocycles. The van der Waals surface area contributed by atoms with E-state index in [1.165, 1.54) is 4.31 Å². The first kappa shape index (κ1) is 16.2. The number of ether oxygens (including phenoxy) is 1. The van der Waals surface area contributed by atoms with Gasteiger partial charge in [-0.05, 0) is 17.7 Å². The molecule has 9 heteroatoms. The van der Waals surface area contributed by atoms with Crippen LogP contribution in [0.4, 0.5) is 4.79 Å². The zero-order valence-corrected chi connectivity index (χ0v) is 13.7. The van der Waals surface area contributed by atoms with E-state index in [0.717, 1.165) is 4.90 Å². The summed E-state index contributed by atoms with van der Waals surface area (Å²) < 4.78 is 30.6. The Balaban J connectivity index is 1.56. The lowest BCUT2D eigenvalue weighted by atomic mass is 10.0. The molecule has 0 bridgehead atoms. The summed E-state index contributed by atoms with van der Waals surface area (Å²) in [6.45, 7) is 0.545. The molecule has 3 rings (SSSR count). The van der Waals surface area contributed by atoms with Gasteiger partial charge in [0, 0.05) is 30.6 Å². The van der Waals surface area contributed by atoms with Crippen molar-refractivity contribution < 1.29 is 22.7 Å². The number of halogens is 1. The first-order chi connectivity index (χ1) is 10.8. The summed E-state index contributed by atoms with van der Waals surface area (Å²) in [7, 11) is -3.43. The lowest BCUT2D eigenvalue weighted by Crippen LogP contribution is -2.54. The van der Waals surface area contributed by atoms with Crippen LogP contribution in [-0.4, -0.2) is 55.9 Å². The second-order valence-electron chi connectivity index (χ2n) is 5.63. The van der Waals surface area contributed by atoms with Crippen molar-refractivity contribution in [2.24, 2.45) is 5.92 Å². The molecular formula is C14H15ClN2O5S. The van der Waals surface area contributed by atoms with E-state index in [0.29, 0.717) is 23.7 Å². The molecule has 2 amide bonds. The number of sulfonamides is 1. The molecule has 2 saturated heterocycles. The van der Waals surface area contributed by atoms with Crippen LogP contribution in [0.5, 0.6) is 0 Å². The zero-order valence-electron chi connectivity index (χ0n) is 12.1. The third-order valence-electron chi connectivity index (χ3n) is 3.84. The van der Waals surface area contributed by atoms with Crippen molar-refractivity contribution >= 4 is 33.6 Å². The Bertz CT molecular complexity index is 729. The van der Waals surface area contributed by atoms with Gasteiger partial charge in [0.2, 0.25) is 10.0 Å². The minimum absolute atomic E-state index is 0.0567. The highest BCUT2D eigenvalue weighted by molar-refractivity contribution is 7.88. The largest absolute Gasteiger partial charge is 0.439 e. The van der Waals surface area contributed by atoms with Crippen LogP contribution in [0.2, 0.25) is 5.02 Å². The number of hydrogen-bond acceptors (Lipinski definition) is 5. The lowest BCUT2D eigenvalue weighted by Gasteiger charge is -2.39. The van der Waals surface area contributed by atoms with Gasteiger partial charge in [0.15, 0.2) is 6.61 Å². The van der Waals surface area contributed by atoms with E-state index in [1.54, 1.807) is 24.3 Å². The van der Waals surface area contributed by atoms with Gasteiger partial charge in [-0.15, -0.1) is 0 Å². The normalized spacial score (nSPS) is 19.8. The SMILES string of the molecule is O=C1COC(=O)N1CC1CN(S(=O)(=O)Cc2cccc(Cl)c2)C1. The average molecular weight is 359 g/mol. The van der Waals surface area contributed by atoms with Crippen LogP contribution in [0.25, 0.3) is 0 Å². The summed E-state index contributed by atoms with van der Waals surface area (Å²) in [6.07, 6.45) is -0.657. The van der Waals surface area contributed by atoms with E-state index in [-0.39, 0.29) is 30.7 Å².